The summed E-state index contributed by atoms with van der Waals surface area (Å²) < 4.78 is 71.8. The molecule has 0 aromatic heterocycles. The van der Waals surface area contributed by atoms with Gasteiger partial charge in [-0.3, -0.25) is 4.79 Å². The van der Waals surface area contributed by atoms with Crippen LogP contribution in [0.5, 0.6) is 0 Å². The maximum atomic E-state index is 15.3. The molecule has 40 atom stereocenters. The zero-order chi connectivity index (χ0) is 70.0. The number of hydrogen-bond donors (Lipinski definition) is 18. The Kier molecular flexibility index (Phi) is 22.4. The predicted octanol–water partition coefficient (Wildman–Crippen LogP) is -4.86. The first-order valence-corrected chi connectivity index (χ1v) is 34.2. The summed E-state index contributed by atoms with van der Waals surface area (Å²) >= 11 is 0. The van der Waals surface area contributed by atoms with Crippen molar-refractivity contribution in [2.24, 2.45) is 56.7 Å². The largest absolute Gasteiger partial charge is 0.432 e. The fourth-order valence-corrected chi connectivity index (χ4v) is 19.9. The highest BCUT2D eigenvalue weighted by molar-refractivity contribution is 5.78. The third-order valence-corrected chi connectivity index (χ3v) is 25.8. The van der Waals surface area contributed by atoms with Crippen LogP contribution in [0.3, 0.4) is 0 Å². The van der Waals surface area contributed by atoms with Gasteiger partial charge in [-0.2, -0.15) is 0 Å². The SMILES string of the molecule is C=C(C)[C@H]1CC[C@]2(C(=O)O[C@H]3O[C@@H](CO[C@H]4O[C@@H](CO)[C@H](O[C@H]5O[C@@H](C)[C@H](O)[C@@H](O)[C@@H]5O)[C@@H](O)[C@@H]4O)[C@H](O)[C@@H](O)[C@@H]3O)CC[C@]3(C)[C@H](CC[C@@H]4[C@]5(C)CC[C@H](O[C@H]6OC[C@H](O[C@H]7O[C@@H](CO)[C@H](O)[C@@H](O)[C@@H]7O)[C@@H](O)[C@@H]6O[C@H]6O[C@@H](C)[C@H](O)[C@@H](O)[C@@H]6O)[C@@](C)(CO)[C@@H]5CC[C@]43C)[C@H]12. The van der Waals surface area contributed by atoms with E-state index >= 15 is 4.79 Å². The van der Waals surface area contributed by atoms with Gasteiger partial charge in [-0.1, -0.05) is 39.8 Å². The summed E-state index contributed by atoms with van der Waals surface area (Å²) in [5.74, 6) is -1.10. The van der Waals surface area contributed by atoms with E-state index in [0.717, 1.165) is 24.8 Å². The Labute approximate surface area is 556 Å². The van der Waals surface area contributed by atoms with Crippen molar-refractivity contribution >= 4 is 5.97 Å². The highest BCUT2D eigenvalue weighted by atomic mass is 16.8. The van der Waals surface area contributed by atoms with Gasteiger partial charge in [0.1, 0.15) is 128 Å². The normalized spacial score (nSPS) is 56.0. The van der Waals surface area contributed by atoms with Gasteiger partial charge in [-0.15, -0.1) is 0 Å². The third kappa shape index (κ3) is 12.6. The van der Waals surface area contributed by atoms with Crippen molar-refractivity contribution in [1.29, 1.82) is 0 Å². The van der Waals surface area contributed by atoms with Crippen LogP contribution in [0.4, 0.5) is 0 Å². The molecule has 0 unspecified atom stereocenters. The number of fused-ring (bicyclic) bond motifs is 7. The molecule has 5 aliphatic carbocycles. The van der Waals surface area contributed by atoms with E-state index in [2.05, 4.69) is 27.4 Å². The first kappa shape index (κ1) is 75.2. The lowest BCUT2D eigenvalue weighted by atomic mass is 9.32. The molecule has 5 saturated carbocycles. The average Bonchev–Trinajstić information content (AvgIpc) is 1.14. The number of rotatable bonds is 17. The molecular weight excluding hydrogens is 1280 g/mol. The minimum absolute atomic E-state index is 0.0354. The van der Waals surface area contributed by atoms with Crippen LogP contribution in [0.2, 0.25) is 0 Å². The summed E-state index contributed by atoms with van der Waals surface area (Å²) in [6.45, 7) is 15.3. The fraction of sp³-hybridized carbons (Fsp3) is 0.954. The second-order valence-corrected chi connectivity index (χ2v) is 30.8. The van der Waals surface area contributed by atoms with Crippen molar-refractivity contribution in [3.8, 4) is 0 Å². The molecule has 96 heavy (non-hydrogen) atoms. The Morgan fingerprint density at radius 3 is 1.61 bits per heavy atom. The Bertz CT molecular complexity index is 2670. The van der Waals surface area contributed by atoms with Gasteiger partial charge in [0.15, 0.2) is 31.5 Å². The molecule has 0 aromatic rings. The molecule has 0 amide bonds. The van der Waals surface area contributed by atoms with Crippen molar-refractivity contribution in [3.05, 3.63) is 12.2 Å². The minimum Gasteiger partial charge on any atom is -0.432 e. The fourth-order valence-electron chi connectivity index (χ4n) is 19.9. The molecule has 6 saturated heterocycles. The minimum atomic E-state index is -1.93. The number of aliphatic hydroxyl groups excluding tert-OH is 18. The molecule has 11 aliphatic rings. The second kappa shape index (κ2) is 28.6. The molecule has 6 heterocycles. The third-order valence-electron chi connectivity index (χ3n) is 25.8. The number of ether oxygens (including phenoxy) is 12. The van der Waals surface area contributed by atoms with Gasteiger partial charge in [-0.25, -0.2) is 0 Å². The van der Waals surface area contributed by atoms with Gasteiger partial charge in [0.2, 0.25) is 6.29 Å². The van der Waals surface area contributed by atoms with Gasteiger partial charge in [0.05, 0.1) is 56.8 Å². The summed E-state index contributed by atoms with van der Waals surface area (Å²) in [6.07, 6.45) is -42.1. The van der Waals surface area contributed by atoms with Crippen molar-refractivity contribution < 1.29 is 154 Å². The molecule has 0 spiro atoms. The predicted molar refractivity (Wildman–Crippen MR) is 321 cm³/mol. The Balaban J connectivity index is 0.776. The lowest BCUT2D eigenvalue weighted by Crippen LogP contribution is -2.68. The Hall–Kier alpha value is -1.95. The molecular formula is C65H106O31. The molecule has 11 fully saturated rings. The zero-order valence-electron chi connectivity index (χ0n) is 55.4. The monoisotopic (exact) mass is 1380 g/mol. The Morgan fingerprint density at radius 1 is 0.479 bits per heavy atom. The van der Waals surface area contributed by atoms with E-state index in [0.29, 0.717) is 44.9 Å². The molecule has 11 rings (SSSR count). The zero-order valence-corrected chi connectivity index (χ0v) is 55.4. The molecule has 31 heteroatoms. The quantitative estimate of drug-likeness (QED) is 0.0369. The number of hydrogen-bond acceptors (Lipinski definition) is 31. The molecule has 0 radical (unpaired) electrons. The van der Waals surface area contributed by atoms with E-state index in [4.69, 9.17) is 56.8 Å². The van der Waals surface area contributed by atoms with Crippen LogP contribution in [0.1, 0.15) is 113 Å². The summed E-state index contributed by atoms with van der Waals surface area (Å²) in [5.41, 5.74) is -2.21. The molecule has 0 aromatic carbocycles. The van der Waals surface area contributed by atoms with Crippen molar-refractivity contribution in [3.63, 3.8) is 0 Å². The molecule has 31 nitrogen and oxygen atoms in total. The molecule has 0 bridgehead atoms. The first-order valence-electron chi connectivity index (χ1n) is 34.2. The number of carbonyl (C=O) groups excluding carboxylic acids is 1. The highest BCUT2D eigenvalue weighted by Gasteiger charge is 2.73. The van der Waals surface area contributed by atoms with Crippen LogP contribution in [0.25, 0.3) is 0 Å². The molecule has 552 valence electrons. The standard InChI is InChI=1S/C65H106O31/c1-24(2)27-11-16-65(60(84)96-58-50(82)45(77)40(72)31(91-58)21-85-54-51(83)46(78)52(30(20-67)90-54)94-55-47(79)42(74)37(69)25(3)87-55)18-17-63(7)28(36(27)65)9-10-34-61(5)14-13-35(62(6,23-68)33(61)12-15-64(34,63)8)93-59-53(95-56-48(80)43(75)38(70)26(4)88-56)41(73)32(22-86-59)92-57-49(81)44(76)39(71)29(19-66)89-57/h25-59,66-83H,1,9-23H2,2-8H3/t25-,26-,27+,28+,29-,30-,31-,32-,33+,34+,35-,36-,37-,38-,39-,40-,41+,42+,43+,44+,45+,46-,47-,48-,49-,50-,51-,52-,53-,54-,55+,56+,57+,58+,59+,61+,62-,63+,64+,65-/m0/s1. The van der Waals surface area contributed by atoms with Gasteiger partial charge >= 0.3 is 5.97 Å². The number of esters is 1. The van der Waals surface area contributed by atoms with E-state index in [1.54, 1.807) is 0 Å². The second-order valence-electron chi connectivity index (χ2n) is 30.8. The number of aliphatic hydroxyl groups is 18. The lowest BCUT2D eigenvalue weighted by molar-refractivity contribution is -0.382. The summed E-state index contributed by atoms with van der Waals surface area (Å²) in [6, 6.07) is 0. The highest BCUT2D eigenvalue weighted by Crippen LogP contribution is 2.78. The lowest BCUT2D eigenvalue weighted by Gasteiger charge is -2.73. The van der Waals surface area contributed by atoms with E-state index in [-0.39, 0.29) is 47.0 Å². The smallest absolute Gasteiger partial charge is 0.314 e. The number of allylic oxidation sites excluding steroid dienone is 1. The van der Waals surface area contributed by atoms with Crippen molar-refractivity contribution in [2.45, 2.75) is 297 Å². The van der Waals surface area contributed by atoms with Crippen LogP contribution in [0, 0.1) is 56.7 Å². The van der Waals surface area contributed by atoms with E-state index in [9.17, 15) is 91.9 Å². The van der Waals surface area contributed by atoms with Gasteiger partial charge in [-0.05, 0) is 131 Å². The summed E-state index contributed by atoms with van der Waals surface area (Å²) in [7, 11) is 0. The average molecular weight is 1380 g/mol. The summed E-state index contributed by atoms with van der Waals surface area (Å²) in [5, 5.41) is 196. The first-order chi connectivity index (χ1) is 45.2. The van der Waals surface area contributed by atoms with E-state index in [1.165, 1.54) is 13.8 Å². The topological polar surface area (TPSA) is 492 Å². The van der Waals surface area contributed by atoms with E-state index in [1.807, 2.05) is 13.8 Å². The van der Waals surface area contributed by atoms with E-state index < -0.39 is 233 Å². The van der Waals surface area contributed by atoms with Gasteiger partial charge < -0.3 is 149 Å². The Morgan fingerprint density at radius 2 is 1.02 bits per heavy atom. The van der Waals surface area contributed by atoms with Crippen LogP contribution < -0.4 is 0 Å². The summed E-state index contributed by atoms with van der Waals surface area (Å²) in [4.78, 5) is 15.3. The maximum Gasteiger partial charge on any atom is 0.314 e. The maximum absolute atomic E-state index is 15.3. The van der Waals surface area contributed by atoms with Crippen LogP contribution in [-0.4, -0.2) is 315 Å². The van der Waals surface area contributed by atoms with Gasteiger partial charge in [0, 0.05) is 5.41 Å². The van der Waals surface area contributed by atoms with Gasteiger partial charge in [0.25, 0.3) is 0 Å². The van der Waals surface area contributed by atoms with Crippen LogP contribution >= 0.6 is 0 Å². The van der Waals surface area contributed by atoms with Crippen LogP contribution in [0.15, 0.2) is 12.2 Å². The van der Waals surface area contributed by atoms with Crippen molar-refractivity contribution in [2.75, 3.05) is 33.0 Å². The molecule has 6 aliphatic heterocycles. The van der Waals surface area contributed by atoms with Crippen LogP contribution in [-0.2, 0) is 61.6 Å². The number of carbonyl (C=O) groups is 1. The van der Waals surface area contributed by atoms with Crippen molar-refractivity contribution in [1.82, 2.24) is 0 Å². The molecule has 18 N–H and O–H groups in total.